The minimum absolute atomic E-state index is 0.0156. The number of aromatic nitrogens is 2. The maximum atomic E-state index is 12.6. The molecule has 1 atom stereocenters. The number of hydrogen-bond donors (Lipinski definition) is 1. The predicted molar refractivity (Wildman–Crippen MR) is 118 cm³/mol. The molecule has 0 aliphatic carbocycles. The van der Waals surface area contributed by atoms with E-state index in [1.165, 1.54) is 6.92 Å². The Labute approximate surface area is 180 Å². The number of amides is 1. The zero-order valence-corrected chi connectivity index (χ0v) is 18.0. The van der Waals surface area contributed by atoms with Crippen LogP contribution in [0.1, 0.15) is 27.2 Å². The Balaban J connectivity index is 1.57. The van der Waals surface area contributed by atoms with Crippen molar-refractivity contribution in [2.75, 3.05) is 11.9 Å². The number of carbonyl (C=O) groups excluding carboxylic acids is 2. The van der Waals surface area contributed by atoms with E-state index < -0.39 is 18.0 Å². The number of anilines is 1. The van der Waals surface area contributed by atoms with Crippen molar-refractivity contribution in [3.63, 3.8) is 0 Å². The van der Waals surface area contributed by atoms with Gasteiger partial charge in [0.05, 0.1) is 24.1 Å². The minimum atomic E-state index is -0.965. The summed E-state index contributed by atoms with van der Waals surface area (Å²) in [4.78, 5) is 37.2. The van der Waals surface area contributed by atoms with Gasteiger partial charge >= 0.3 is 11.7 Å². The number of aryl methyl sites for hydroxylation is 2. The molecule has 0 spiro atoms. The monoisotopic (exact) mass is 425 g/mol. The van der Waals surface area contributed by atoms with Crippen molar-refractivity contribution in [3.8, 4) is 5.75 Å². The Hall–Kier alpha value is -3.55. The lowest BCUT2D eigenvalue weighted by Gasteiger charge is -2.14. The summed E-state index contributed by atoms with van der Waals surface area (Å²) in [5.41, 5.74) is 2.00. The highest BCUT2D eigenvalue weighted by molar-refractivity contribution is 5.95. The molecule has 1 N–H and O–H groups in total. The highest BCUT2D eigenvalue weighted by Gasteiger charge is 2.19. The summed E-state index contributed by atoms with van der Waals surface area (Å²) in [5.74, 6) is -0.272. The molecule has 0 bridgehead atoms. The molecule has 1 aromatic heterocycles. The number of para-hydroxylation sites is 2. The molecule has 1 unspecified atom stereocenters. The summed E-state index contributed by atoms with van der Waals surface area (Å²) in [6, 6.07) is 14.4. The van der Waals surface area contributed by atoms with Crippen molar-refractivity contribution in [1.29, 1.82) is 0 Å². The average Bonchev–Trinajstić information content (AvgIpc) is 3.04. The normalized spacial score (nSPS) is 11.8. The predicted octanol–water partition coefficient (Wildman–Crippen LogP) is 3.18. The highest BCUT2D eigenvalue weighted by atomic mass is 16.5. The van der Waals surface area contributed by atoms with Crippen LogP contribution in [0.3, 0.4) is 0 Å². The van der Waals surface area contributed by atoms with Gasteiger partial charge in [-0.2, -0.15) is 0 Å². The summed E-state index contributed by atoms with van der Waals surface area (Å²) >= 11 is 0. The number of hydrogen-bond acceptors (Lipinski definition) is 5. The van der Waals surface area contributed by atoms with Gasteiger partial charge in [0.1, 0.15) is 5.75 Å². The number of imidazole rings is 1. The van der Waals surface area contributed by atoms with Crippen LogP contribution < -0.4 is 15.7 Å². The molecule has 8 nitrogen and oxygen atoms in total. The van der Waals surface area contributed by atoms with E-state index in [0.717, 1.165) is 11.0 Å². The zero-order chi connectivity index (χ0) is 22.4. The first kappa shape index (κ1) is 22.1. The van der Waals surface area contributed by atoms with E-state index >= 15 is 0 Å². The largest absolute Gasteiger partial charge is 0.494 e. The molecule has 31 heavy (non-hydrogen) atoms. The summed E-state index contributed by atoms with van der Waals surface area (Å²) in [5, 5.41) is 2.70. The lowest BCUT2D eigenvalue weighted by molar-refractivity contribution is -0.153. The molecule has 3 aromatic rings. The Morgan fingerprint density at radius 2 is 1.65 bits per heavy atom. The Bertz CT molecular complexity index is 1110. The third kappa shape index (κ3) is 5.14. The van der Waals surface area contributed by atoms with Crippen LogP contribution in [0.4, 0.5) is 5.69 Å². The number of carbonyl (C=O) groups is 2. The van der Waals surface area contributed by atoms with Gasteiger partial charge in [0.25, 0.3) is 5.91 Å². The van der Waals surface area contributed by atoms with Crippen LogP contribution in [0.2, 0.25) is 0 Å². The zero-order valence-electron chi connectivity index (χ0n) is 18.0. The Morgan fingerprint density at radius 1 is 1.00 bits per heavy atom. The molecular formula is C23H27N3O5. The van der Waals surface area contributed by atoms with Gasteiger partial charge in [-0.15, -0.1) is 0 Å². The standard InChI is InChI=1S/C23H27N3O5/c1-4-25-19-8-6-7-9-20(19)26(23(25)29)15-14-21(27)31-16(3)22(28)24-17-10-12-18(13-11-17)30-5-2/h6-13,16H,4-5,14-15H2,1-3H3,(H,24,28). The maximum absolute atomic E-state index is 12.6. The first-order chi connectivity index (χ1) is 14.9. The number of nitrogens with zero attached hydrogens (tertiary/aromatic N) is 2. The number of ether oxygens (including phenoxy) is 2. The fourth-order valence-corrected chi connectivity index (χ4v) is 3.35. The summed E-state index contributed by atoms with van der Waals surface area (Å²) in [6.07, 6.45) is -0.981. The molecule has 1 heterocycles. The first-order valence-corrected chi connectivity index (χ1v) is 10.4. The van der Waals surface area contributed by atoms with E-state index in [9.17, 15) is 14.4 Å². The van der Waals surface area contributed by atoms with E-state index in [1.807, 2.05) is 38.1 Å². The van der Waals surface area contributed by atoms with Gasteiger partial charge in [0.15, 0.2) is 6.10 Å². The maximum Gasteiger partial charge on any atom is 0.329 e. The second kappa shape index (κ2) is 9.97. The second-order valence-corrected chi connectivity index (χ2v) is 7.00. The number of benzene rings is 2. The third-order valence-corrected chi connectivity index (χ3v) is 4.89. The van der Waals surface area contributed by atoms with Crippen LogP contribution in [0, 0.1) is 0 Å². The van der Waals surface area contributed by atoms with E-state index in [1.54, 1.807) is 33.4 Å². The molecule has 0 saturated carbocycles. The number of nitrogens with one attached hydrogen (secondary N) is 1. The van der Waals surface area contributed by atoms with E-state index in [2.05, 4.69) is 5.32 Å². The van der Waals surface area contributed by atoms with Gasteiger partial charge in [-0.05, 0) is 57.2 Å². The molecule has 0 aliphatic heterocycles. The molecule has 8 heteroatoms. The molecule has 0 fully saturated rings. The summed E-state index contributed by atoms with van der Waals surface area (Å²) < 4.78 is 13.8. The van der Waals surface area contributed by atoms with Gasteiger partial charge in [-0.1, -0.05) is 12.1 Å². The van der Waals surface area contributed by atoms with E-state index in [0.29, 0.717) is 24.6 Å². The van der Waals surface area contributed by atoms with Crippen LogP contribution in [0.25, 0.3) is 11.0 Å². The van der Waals surface area contributed by atoms with Crippen molar-refractivity contribution in [3.05, 3.63) is 59.0 Å². The Kier molecular flexibility index (Phi) is 7.12. The molecule has 0 saturated heterocycles. The van der Waals surface area contributed by atoms with Gasteiger partial charge in [-0.25, -0.2) is 4.79 Å². The van der Waals surface area contributed by atoms with Crippen molar-refractivity contribution < 1.29 is 19.1 Å². The number of rotatable bonds is 9. The van der Waals surface area contributed by atoms with Gasteiger partial charge in [0.2, 0.25) is 0 Å². The van der Waals surface area contributed by atoms with E-state index in [4.69, 9.17) is 9.47 Å². The SMILES string of the molecule is CCOc1ccc(NC(=O)C(C)OC(=O)CCn2c(=O)n(CC)c3ccccc32)cc1. The molecule has 0 radical (unpaired) electrons. The molecule has 1 amide bonds. The van der Waals surface area contributed by atoms with Crippen molar-refractivity contribution >= 4 is 28.6 Å². The van der Waals surface area contributed by atoms with Crippen LogP contribution in [0.15, 0.2) is 53.3 Å². The fraction of sp³-hybridized carbons (Fsp3) is 0.348. The van der Waals surface area contributed by atoms with Crippen molar-refractivity contribution in [1.82, 2.24) is 9.13 Å². The smallest absolute Gasteiger partial charge is 0.329 e. The topological polar surface area (TPSA) is 91.6 Å². The van der Waals surface area contributed by atoms with Crippen LogP contribution in [-0.2, 0) is 27.4 Å². The third-order valence-electron chi connectivity index (χ3n) is 4.89. The highest BCUT2D eigenvalue weighted by Crippen LogP contribution is 2.16. The number of fused-ring (bicyclic) bond motifs is 1. The quantitative estimate of drug-likeness (QED) is 0.532. The lowest BCUT2D eigenvalue weighted by atomic mass is 10.3. The lowest BCUT2D eigenvalue weighted by Crippen LogP contribution is -2.31. The number of esters is 1. The Morgan fingerprint density at radius 3 is 2.26 bits per heavy atom. The average molecular weight is 425 g/mol. The van der Waals surface area contributed by atoms with Crippen molar-refractivity contribution in [2.45, 2.75) is 46.4 Å². The minimum Gasteiger partial charge on any atom is -0.494 e. The van der Waals surface area contributed by atoms with Crippen LogP contribution in [-0.4, -0.2) is 33.7 Å². The van der Waals surface area contributed by atoms with Gasteiger partial charge in [-0.3, -0.25) is 18.7 Å². The second-order valence-electron chi connectivity index (χ2n) is 7.00. The molecule has 2 aromatic carbocycles. The summed E-state index contributed by atoms with van der Waals surface area (Å²) in [7, 11) is 0. The fourth-order valence-electron chi connectivity index (χ4n) is 3.35. The van der Waals surface area contributed by atoms with Gasteiger partial charge in [0, 0.05) is 18.8 Å². The first-order valence-electron chi connectivity index (χ1n) is 10.4. The molecule has 3 rings (SSSR count). The molecular weight excluding hydrogens is 398 g/mol. The molecule has 164 valence electrons. The van der Waals surface area contributed by atoms with E-state index in [-0.39, 0.29) is 18.7 Å². The summed E-state index contributed by atoms with van der Waals surface area (Å²) in [6.45, 7) is 6.58. The van der Waals surface area contributed by atoms with Crippen molar-refractivity contribution in [2.24, 2.45) is 0 Å². The van der Waals surface area contributed by atoms with Gasteiger partial charge < -0.3 is 14.8 Å². The van der Waals surface area contributed by atoms with Crippen LogP contribution in [0.5, 0.6) is 5.75 Å². The van der Waals surface area contributed by atoms with Crippen LogP contribution >= 0.6 is 0 Å². The molecule has 0 aliphatic rings.